The number of aliphatic hydroxyl groups is 1. The van der Waals surface area contributed by atoms with Crippen LogP contribution in [-0.2, 0) is 23.8 Å². The second-order valence-electron chi connectivity index (χ2n) is 4.96. The van der Waals surface area contributed by atoms with Crippen molar-refractivity contribution in [2.75, 3.05) is 20.3 Å². The molecule has 19 heavy (non-hydrogen) atoms. The van der Waals surface area contributed by atoms with E-state index in [0.29, 0.717) is 0 Å². The normalized spacial score (nSPS) is 25.1. The van der Waals surface area contributed by atoms with E-state index in [-0.39, 0.29) is 25.0 Å². The SMILES string of the molecule is COC[C@H](OC(C)=O)[C@H](OC(C)=O)C1CC(CO)C1. The van der Waals surface area contributed by atoms with Gasteiger partial charge in [-0.3, -0.25) is 9.59 Å². The molecule has 0 radical (unpaired) electrons. The van der Waals surface area contributed by atoms with Crippen molar-refractivity contribution in [3.63, 3.8) is 0 Å². The molecule has 0 aliphatic heterocycles. The van der Waals surface area contributed by atoms with E-state index in [1.165, 1.54) is 21.0 Å². The largest absolute Gasteiger partial charge is 0.458 e. The number of esters is 2. The second-order valence-corrected chi connectivity index (χ2v) is 4.96. The molecule has 1 rings (SSSR count). The molecule has 110 valence electrons. The van der Waals surface area contributed by atoms with Crippen LogP contribution in [0.4, 0.5) is 0 Å². The number of hydrogen-bond acceptors (Lipinski definition) is 6. The van der Waals surface area contributed by atoms with E-state index in [0.717, 1.165) is 12.8 Å². The van der Waals surface area contributed by atoms with Crippen LogP contribution in [0.5, 0.6) is 0 Å². The summed E-state index contributed by atoms with van der Waals surface area (Å²) in [6.45, 7) is 2.95. The van der Waals surface area contributed by atoms with Gasteiger partial charge in [0.25, 0.3) is 0 Å². The lowest BCUT2D eigenvalue weighted by Gasteiger charge is -2.41. The van der Waals surface area contributed by atoms with Crippen LogP contribution in [0.1, 0.15) is 26.7 Å². The number of methoxy groups -OCH3 is 1. The fourth-order valence-corrected chi connectivity index (χ4v) is 2.45. The van der Waals surface area contributed by atoms with E-state index in [9.17, 15) is 9.59 Å². The van der Waals surface area contributed by atoms with Crippen molar-refractivity contribution in [1.29, 1.82) is 0 Å². The van der Waals surface area contributed by atoms with Crippen LogP contribution in [-0.4, -0.2) is 49.6 Å². The van der Waals surface area contributed by atoms with Crippen LogP contribution in [0.2, 0.25) is 0 Å². The van der Waals surface area contributed by atoms with Crippen LogP contribution in [0.25, 0.3) is 0 Å². The molecule has 0 aromatic rings. The van der Waals surface area contributed by atoms with Gasteiger partial charge >= 0.3 is 11.9 Å². The van der Waals surface area contributed by atoms with Crippen LogP contribution in [0.15, 0.2) is 0 Å². The van der Waals surface area contributed by atoms with Crippen molar-refractivity contribution in [2.45, 2.75) is 38.9 Å². The summed E-state index contributed by atoms with van der Waals surface area (Å²) >= 11 is 0. The predicted octanol–water partition coefficient (Wildman–Crippen LogP) is 0.515. The van der Waals surface area contributed by atoms with Gasteiger partial charge in [-0.25, -0.2) is 0 Å². The lowest BCUT2D eigenvalue weighted by molar-refractivity contribution is -0.180. The Kier molecular flexibility index (Phi) is 6.24. The highest BCUT2D eigenvalue weighted by molar-refractivity contribution is 5.67. The van der Waals surface area contributed by atoms with Crippen LogP contribution < -0.4 is 0 Å². The molecule has 0 saturated heterocycles. The fourth-order valence-electron chi connectivity index (χ4n) is 2.45. The van der Waals surface area contributed by atoms with Gasteiger partial charge in [0.05, 0.1) is 6.61 Å². The lowest BCUT2D eigenvalue weighted by atomic mass is 9.71. The minimum atomic E-state index is -0.601. The molecule has 0 amide bonds. The number of rotatable bonds is 7. The molecule has 1 aliphatic carbocycles. The molecule has 0 unspecified atom stereocenters. The van der Waals surface area contributed by atoms with Crippen molar-refractivity contribution in [3.05, 3.63) is 0 Å². The molecule has 1 N–H and O–H groups in total. The summed E-state index contributed by atoms with van der Waals surface area (Å²) < 4.78 is 15.5. The first-order chi connectivity index (χ1) is 8.97. The molecule has 6 heteroatoms. The van der Waals surface area contributed by atoms with Crippen molar-refractivity contribution >= 4 is 11.9 Å². The number of carbonyl (C=O) groups excluding carboxylic acids is 2. The molecular weight excluding hydrogens is 252 g/mol. The third-order valence-corrected chi connectivity index (χ3v) is 3.31. The predicted molar refractivity (Wildman–Crippen MR) is 66.3 cm³/mol. The summed E-state index contributed by atoms with van der Waals surface area (Å²) in [5.41, 5.74) is 0. The molecule has 1 saturated carbocycles. The maximum absolute atomic E-state index is 11.2. The Bertz CT molecular complexity index is 310. The van der Waals surface area contributed by atoms with Gasteiger partial charge in [-0.05, 0) is 18.8 Å². The number of hydrogen-bond donors (Lipinski definition) is 1. The Labute approximate surface area is 113 Å². The van der Waals surface area contributed by atoms with Crippen molar-refractivity contribution in [3.8, 4) is 0 Å². The Morgan fingerprint density at radius 2 is 1.79 bits per heavy atom. The number of ether oxygens (including phenoxy) is 3. The fraction of sp³-hybridized carbons (Fsp3) is 0.846. The van der Waals surface area contributed by atoms with Crippen LogP contribution in [0.3, 0.4) is 0 Å². The Hall–Kier alpha value is -1.14. The van der Waals surface area contributed by atoms with Gasteiger partial charge in [0, 0.05) is 33.5 Å². The quantitative estimate of drug-likeness (QED) is 0.681. The highest BCUT2D eigenvalue weighted by Gasteiger charge is 2.42. The molecule has 0 aromatic heterocycles. The summed E-state index contributed by atoms with van der Waals surface area (Å²) in [4.78, 5) is 22.3. The smallest absolute Gasteiger partial charge is 0.303 e. The van der Waals surface area contributed by atoms with Gasteiger partial charge in [-0.1, -0.05) is 0 Å². The zero-order valence-corrected chi connectivity index (χ0v) is 11.6. The molecule has 0 heterocycles. The Balaban J connectivity index is 2.69. The van der Waals surface area contributed by atoms with Crippen molar-refractivity contribution < 1.29 is 28.9 Å². The third-order valence-electron chi connectivity index (χ3n) is 3.31. The Morgan fingerprint density at radius 3 is 2.21 bits per heavy atom. The molecular formula is C13H22O6. The second kappa shape index (κ2) is 7.45. The van der Waals surface area contributed by atoms with Crippen LogP contribution >= 0.6 is 0 Å². The van der Waals surface area contributed by atoms with Gasteiger partial charge in [0.2, 0.25) is 0 Å². The number of aliphatic hydroxyl groups excluding tert-OH is 1. The molecule has 1 aliphatic rings. The summed E-state index contributed by atoms with van der Waals surface area (Å²) in [6.07, 6.45) is 0.409. The van der Waals surface area contributed by atoms with Gasteiger partial charge in [-0.2, -0.15) is 0 Å². The Morgan fingerprint density at radius 1 is 1.21 bits per heavy atom. The van der Waals surface area contributed by atoms with E-state index in [1.54, 1.807) is 0 Å². The standard InChI is InChI=1S/C13H22O6/c1-8(15)18-12(7-17-3)13(19-9(2)16)11-4-10(5-11)6-14/h10-14H,4-7H2,1-3H3/t10?,11?,12-,13+/m0/s1. The monoisotopic (exact) mass is 274 g/mol. The van der Waals surface area contributed by atoms with E-state index in [2.05, 4.69) is 0 Å². The highest BCUT2D eigenvalue weighted by Crippen LogP contribution is 2.38. The maximum atomic E-state index is 11.2. The molecule has 2 atom stereocenters. The molecule has 1 fully saturated rings. The van der Waals surface area contributed by atoms with Crippen molar-refractivity contribution in [2.24, 2.45) is 11.8 Å². The first-order valence-electron chi connectivity index (χ1n) is 6.42. The highest BCUT2D eigenvalue weighted by atomic mass is 16.6. The first-order valence-corrected chi connectivity index (χ1v) is 6.42. The molecule has 0 bridgehead atoms. The first kappa shape index (κ1) is 15.9. The van der Waals surface area contributed by atoms with E-state index >= 15 is 0 Å². The average Bonchev–Trinajstić information content (AvgIpc) is 2.24. The summed E-state index contributed by atoms with van der Waals surface area (Å²) in [6, 6.07) is 0. The molecule has 0 aromatic carbocycles. The summed E-state index contributed by atoms with van der Waals surface area (Å²) in [5.74, 6) is -0.507. The van der Waals surface area contributed by atoms with Gasteiger partial charge in [-0.15, -0.1) is 0 Å². The minimum absolute atomic E-state index is 0.0977. The summed E-state index contributed by atoms with van der Waals surface area (Å²) in [7, 11) is 1.50. The van der Waals surface area contributed by atoms with Crippen molar-refractivity contribution in [1.82, 2.24) is 0 Å². The zero-order chi connectivity index (χ0) is 14.4. The zero-order valence-electron chi connectivity index (χ0n) is 11.6. The van der Waals surface area contributed by atoms with Gasteiger partial charge in [0.1, 0.15) is 6.10 Å². The van der Waals surface area contributed by atoms with Crippen LogP contribution in [0, 0.1) is 11.8 Å². The van der Waals surface area contributed by atoms with E-state index in [1.807, 2.05) is 0 Å². The maximum Gasteiger partial charge on any atom is 0.303 e. The van der Waals surface area contributed by atoms with Gasteiger partial charge in [0.15, 0.2) is 6.10 Å². The van der Waals surface area contributed by atoms with E-state index < -0.39 is 24.1 Å². The topological polar surface area (TPSA) is 82.1 Å². The lowest BCUT2D eigenvalue weighted by Crippen LogP contribution is -2.47. The van der Waals surface area contributed by atoms with E-state index in [4.69, 9.17) is 19.3 Å². The summed E-state index contributed by atoms with van der Waals surface area (Å²) in [5, 5.41) is 9.04. The minimum Gasteiger partial charge on any atom is -0.458 e. The molecule has 6 nitrogen and oxygen atoms in total. The molecule has 0 spiro atoms. The third kappa shape index (κ3) is 4.80. The van der Waals surface area contributed by atoms with Gasteiger partial charge < -0.3 is 19.3 Å². The number of carbonyl (C=O) groups is 2. The average molecular weight is 274 g/mol.